The Bertz CT molecular complexity index is 411. The Kier molecular flexibility index (Phi) is 4.19. The van der Waals surface area contributed by atoms with Crippen molar-refractivity contribution in [2.75, 3.05) is 6.61 Å². The van der Waals surface area contributed by atoms with E-state index in [1.807, 2.05) is 0 Å². The second kappa shape index (κ2) is 6.06. The molecule has 1 fully saturated rings. The van der Waals surface area contributed by atoms with Crippen molar-refractivity contribution < 1.29 is 4.74 Å². The standard InChI is InChI=1S/C17H25NO/c18-17-15-10-4-3-8-14(15)9-5-11-16(17)19-12-13-6-1-2-7-13/h3-4,8,10,13,16-17H,1-2,5-7,9,11-12,18H2. The summed E-state index contributed by atoms with van der Waals surface area (Å²) in [4.78, 5) is 0. The van der Waals surface area contributed by atoms with Gasteiger partial charge in [0.05, 0.1) is 12.1 Å². The topological polar surface area (TPSA) is 35.2 Å². The highest BCUT2D eigenvalue weighted by Crippen LogP contribution is 2.31. The molecule has 0 amide bonds. The maximum absolute atomic E-state index is 6.45. The van der Waals surface area contributed by atoms with E-state index in [1.165, 1.54) is 43.2 Å². The average Bonchev–Trinajstić information content (AvgIpc) is 2.90. The molecule has 2 N–H and O–H groups in total. The number of rotatable bonds is 3. The Hall–Kier alpha value is -0.860. The van der Waals surface area contributed by atoms with E-state index < -0.39 is 0 Å². The van der Waals surface area contributed by atoms with Crippen LogP contribution in [-0.4, -0.2) is 12.7 Å². The Morgan fingerprint density at radius 3 is 2.68 bits per heavy atom. The molecule has 2 atom stereocenters. The predicted octanol–water partition coefficient (Wildman–Crippen LogP) is 3.60. The van der Waals surface area contributed by atoms with Crippen LogP contribution in [0.1, 0.15) is 55.7 Å². The Morgan fingerprint density at radius 2 is 1.84 bits per heavy atom. The SMILES string of the molecule is NC1c2ccccc2CCCC1OCC1CCCC1. The van der Waals surface area contributed by atoms with Crippen molar-refractivity contribution >= 4 is 0 Å². The Morgan fingerprint density at radius 1 is 1.05 bits per heavy atom. The van der Waals surface area contributed by atoms with Gasteiger partial charge in [0.15, 0.2) is 0 Å². The first-order chi connectivity index (χ1) is 9.34. The summed E-state index contributed by atoms with van der Waals surface area (Å²) in [5, 5.41) is 0. The summed E-state index contributed by atoms with van der Waals surface area (Å²) in [7, 11) is 0. The number of hydrogen-bond donors (Lipinski definition) is 1. The molecule has 2 aliphatic rings. The molecule has 1 aromatic carbocycles. The molecule has 1 aromatic rings. The maximum Gasteiger partial charge on any atom is 0.0767 e. The first-order valence-corrected chi connectivity index (χ1v) is 7.79. The van der Waals surface area contributed by atoms with E-state index in [2.05, 4.69) is 24.3 Å². The lowest BCUT2D eigenvalue weighted by Gasteiger charge is -2.25. The minimum Gasteiger partial charge on any atom is -0.376 e. The zero-order chi connectivity index (χ0) is 13.1. The quantitative estimate of drug-likeness (QED) is 0.842. The number of aryl methyl sites for hydroxylation is 1. The largest absolute Gasteiger partial charge is 0.376 e. The fourth-order valence-electron chi connectivity index (χ4n) is 3.58. The van der Waals surface area contributed by atoms with Gasteiger partial charge in [-0.2, -0.15) is 0 Å². The minimum absolute atomic E-state index is 0.0557. The molecular weight excluding hydrogens is 234 g/mol. The monoisotopic (exact) mass is 259 g/mol. The van der Waals surface area contributed by atoms with E-state index >= 15 is 0 Å². The first kappa shape index (κ1) is 13.1. The van der Waals surface area contributed by atoms with Crippen LogP contribution in [-0.2, 0) is 11.2 Å². The zero-order valence-corrected chi connectivity index (χ0v) is 11.7. The molecule has 104 valence electrons. The van der Waals surface area contributed by atoms with Gasteiger partial charge < -0.3 is 10.5 Å². The van der Waals surface area contributed by atoms with E-state index in [0.29, 0.717) is 0 Å². The van der Waals surface area contributed by atoms with Crippen LogP contribution >= 0.6 is 0 Å². The van der Waals surface area contributed by atoms with Crippen molar-refractivity contribution in [1.29, 1.82) is 0 Å². The van der Waals surface area contributed by atoms with Gasteiger partial charge in [0.1, 0.15) is 0 Å². The summed E-state index contributed by atoms with van der Waals surface area (Å²) < 4.78 is 6.19. The fourth-order valence-corrected chi connectivity index (χ4v) is 3.58. The molecule has 0 radical (unpaired) electrons. The molecule has 2 nitrogen and oxygen atoms in total. The molecule has 2 aliphatic carbocycles. The van der Waals surface area contributed by atoms with Crippen molar-refractivity contribution in [3.63, 3.8) is 0 Å². The third-order valence-corrected chi connectivity index (χ3v) is 4.77. The van der Waals surface area contributed by atoms with Crippen LogP contribution in [0.4, 0.5) is 0 Å². The van der Waals surface area contributed by atoms with Crippen LogP contribution in [0.2, 0.25) is 0 Å². The number of hydrogen-bond acceptors (Lipinski definition) is 2. The van der Waals surface area contributed by atoms with Gasteiger partial charge in [-0.1, -0.05) is 37.1 Å². The molecule has 1 saturated carbocycles. The number of benzene rings is 1. The van der Waals surface area contributed by atoms with Crippen LogP contribution < -0.4 is 5.73 Å². The van der Waals surface area contributed by atoms with Gasteiger partial charge >= 0.3 is 0 Å². The minimum atomic E-state index is 0.0557. The van der Waals surface area contributed by atoms with Crippen LogP contribution in [0.5, 0.6) is 0 Å². The smallest absolute Gasteiger partial charge is 0.0767 e. The number of ether oxygens (including phenoxy) is 1. The van der Waals surface area contributed by atoms with Crippen LogP contribution in [0, 0.1) is 5.92 Å². The number of nitrogens with two attached hydrogens (primary N) is 1. The Labute approximate surface area is 116 Å². The lowest BCUT2D eigenvalue weighted by molar-refractivity contribution is 0.0100. The van der Waals surface area contributed by atoms with Crippen LogP contribution in [0.25, 0.3) is 0 Å². The highest BCUT2D eigenvalue weighted by atomic mass is 16.5. The van der Waals surface area contributed by atoms with Crippen molar-refractivity contribution in [3.05, 3.63) is 35.4 Å². The van der Waals surface area contributed by atoms with Crippen LogP contribution in [0.3, 0.4) is 0 Å². The molecule has 0 heterocycles. The third-order valence-electron chi connectivity index (χ3n) is 4.77. The molecule has 2 unspecified atom stereocenters. The molecule has 0 spiro atoms. The third kappa shape index (κ3) is 3.01. The van der Waals surface area contributed by atoms with Gasteiger partial charge in [0, 0.05) is 6.61 Å². The highest BCUT2D eigenvalue weighted by Gasteiger charge is 2.26. The van der Waals surface area contributed by atoms with Crippen molar-refractivity contribution in [1.82, 2.24) is 0 Å². The summed E-state index contributed by atoms with van der Waals surface area (Å²) >= 11 is 0. The van der Waals surface area contributed by atoms with Gasteiger partial charge in [0.2, 0.25) is 0 Å². The molecular formula is C17H25NO. The molecule has 0 bridgehead atoms. The molecule has 19 heavy (non-hydrogen) atoms. The summed E-state index contributed by atoms with van der Waals surface area (Å²) in [6, 6.07) is 8.66. The summed E-state index contributed by atoms with van der Waals surface area (Å²) in [6.07, 6.45) is 9.11. The zero-order valence-electron chi connectivity index (χ0n) is 11.7. The summed E-state index contributed by atoms with van der Waals surface area (Å²) in [5.41, 5.74) is 9.17. The normalized spacial score (nSPS) is 28.1. The first-order valence-electron chi connectivity index (χ1n) is 7.79. The van der Waals surface area contributed by atoms with Crippen molar-refractivity contribution in [3.8, 4) is 0 Å². The predicted molar refractivity (Wildman–Crippen MR) is 78.0 cm³/mol. The van der Waals surface area contributed by atoms with Crippen molar-refractivity contribution in [2.24, 2.45) is 11.7 Å². The molecule has 0 aromatic heterocycles. The van der Waals surface area contributed by atoms with E-state index in [1.54, 1.807) is 0 Å². The van der Waals surface area contributed by atoms with Crippen LogP contribution in [0.15, 0.2) is 24.3 Å². The number of fused-ring (bicyclic) bond motifs is 1. The van der Waals surface area contributed by atoms with Gasteiger partial charge in [0.25, 0.3) is 0 Å². The lowest BCUT2D eigenvalue weighted by atomic mass is 9.98. The van der Waals surface area contributed by atoms with E-state index in [9.17, 15) is 0 Å². The van der Waals surface area contributed by atoms with Gasteiger partial charge in [-0.3, -0.25) is 0 Å². The highest BCUT2D eigenvalue weighted by molar-refractivity contribution is 5.31. The molecule has 3 rings (SSSR count). The second-order valence-electron chi connectivity index (χ2n) is 6.14. The molecule has 0 saturated heterocycles. The maximum atomic E-state index is 6.45. The fraction of sp³-hybridized carbons (Fsp3) is 0.647. The molecule has 2 heteroatoms. The van der Waals surface area contributed by atoms with Gasteiger partial charge in [-0.15, -0.1) is 0 Å². The van der Waals surface area contributed by atoms with E-state index in [0.717, 1.165) is 25.4 Å². The lowest BCUT2D eigenvalue weighted by Crippen LogP contribution is -2.30. The Balaban J connectivity index is 1.65. The van der Waals surface area contributed by atoms with E-state index in [-0.39, 0.29) is 12.1 Å². The molecule has 0 aliphatic heterocycles. The van der Waals surface area contributed by atoms with E-state index in [4.69, 9.17) is 10.5 Å². The van der Waals surface area contributed by atoms with Crippen molar-refractivity contribution in [2.45, 2.75) is 57.1 Å². The summed E-state index contributed by atoms with van der Waals surface area (Å²) in [5.74, 6) is 0.783. The van der Waals surface area contributed by atoms with Gasteiger partial charge in [-0.25, -0.2) is 0 Å². The average molecular weight is 259 g/mol. The second-order valence-corrected chi connectivity index (χ2v) is 6.14. The summed E-state index contributed by atoms with van der Waals surface area (Å²) in [6.45, 7) is 0.917. The van der Waals surface area contributed by atoms with Gasteiger partial charge in [-0.05, 0) is 49.1 Å².